The first-order chi connectivity index (χ1) is 8.63. The molecule has 0 saturated heterocycles. The van der Waals surface area contributed by atoms with Gasteiger partial charge in [-0.1, -0.05) is 13.3 Å². The highest BCUT2D eigenvalue weighted by Gasteiger charge is 2.32. The number of nitrogens with zero attached hydrogens (tertiary/aromatic N) is 3. The van der Waals surface area contributed by atoms with E-state index in [2.05, 4.69) is 9.97 Å². The molecule has 0 bridgehead atoms. The molecule has 0 unspecified atom stereocenters. The van der Waals surface area contributed by atoms with Gasteiger partial charge in [-0.15, -0.1) is 0 Å². The molecule has 1 aliphatic rings. The molecular formula is C11H16N4O3. The molecule has 7 nitrogen and oxygen atoms in total. The maximum Gasteiger partial charge on any atom is 0.372 e. The minimum atomic E-state index is -0.590. The van der Waals surface area contributed by atoms with Gasteiger partial charge in [-0.3, -0.25) is 10.1 Å². The first-order valence-electron chi connectivity index (χ1n) is 6.08. The van der Waals surface area contributed by atoms with Crippen molar-refractivity contribution in [2.45, 2.75) is 38.5 Å². The zero-order valence-corrected chi connectivity index (χ0v) is 10.3. The summed E-state index contributed by atoms with van der Waals surface area (Å²) in [6.45, 7) is 2.42. The fourth-order valence-electron chi connectivity index (χ4n) is 1.58. The van der Waals surface area contributed by atoms with Crippen LogP contribution in [0, 0.1) is 10.1 Å². The minimum absolute atomic E-state index is 0.00264. The van der Waals surface area contributed by atoms with Gasteiger partial charge in [0.1, 0.15) is 5.82 Å². The molecule has 0 aromatic carbocycles. The van der Waals surface area contributed by atoms with E-state index in [9.17, 15) is 10.1 Å². The summed E-state index contributed by atoms with van der Waals surface area (Å²) >= 11 is 0. The van der Waals surface area contributed by atoms with Crippen molar-refractivity contribution in [3.8, 4) is 5.88 Å². The van der Waals surface area contributed by atoms with E-state index in [1.165, 1.54) is 0 Å². The van der Waals surface area contributed by atoms with E-state index in [1.54, 1.807) is 0 Å². The summed E-state index contributed by atoms with van der Waals surface area (Å²) in [7, 11) is 0. The standard InChI is InChI=1S/C11H16N4O3/c1-2-3-6-18-11-8(15(16)17)9(12)13-10(14-11)7-4-5-7/h7H,2-6H2,1H3,(H2,12,13,14). The lowest BCUT2D eigenvalue weighted by molar-refractivity contribution is -0.385. The van der Waals surface area contributed by atoms with E-state index in [0.717, 1.165) is 25.7 Å². The van der Waals surface area contributed by atoms with Crippen LogP contribution < -0.4 is 10.5 Å². The second-order valence-corrected chi connectivity index (χ2v) is 4.35. The summed E-state index contributed by atoms with van der Waals surface area (Å²) in [4.78, 5) is 18.5. The van der Waals surface area contributed by atoms with Crippen LogP contribution in [0.15, 0.2) is 0 Å². The van der Waals surface area contributed by atoms with Crippen molar-refractivity contribution in [1.29, 1.82) is 0 Å². The number of hydrogen-bond acceptors (Lipinski definition) is 6. The average Bonchev–Trinajstić information content (AvgIpc) is 3.11. The second-order valence-electron chi connectivity index (χ2n) is 4.35. The van der Waals surface area contributed by atoms with Gasteiger partial charge in [0.05, 0.1) is 11.5 Å². The molecule has 0 radical (unpaired) electrons. The minimum Gasteiger partial charge on any atom is -0.473 e. The Bertz CT molecular complexity index is 460. The van der Waals surface area contributed by atoms with E-state index < -0.39 is 4.92 Å². The zero-order valence-electron chi connectivity index (χ0n) is 10.3. The molecule has 0 amide bonds. The van der Waals surface area contributed by atoms with E-state index >= 15 is 0 Å². The van der Waals surface area contributed by atoms with Crippen LogP contribution >= 0.6 is 0 Å². The van der Waals surface area contributed by atoms with Gasteiger partial charge in [0.25, 0.3) is 5.88 Å². The third-order valence-corrected chi connectivity index (χ3v) is 2.76. The molecule has 1 fully saturated rings. The Morgan fingerprint density at radius 2 is 2.22 bits per heavy atom. The Morgan fingerprint density at radius 3 is 2.78 bits per heavy atom. The molecule has 2 N–H and O–H groups in total. The lowest BCUT2D eigenvalue weighted by Gasteiger charge is -2.08. The maximum atomic E-state index is 10.9. The molecule has 1 aromatic rings. The molecule has 18 heavy (non-hydrogen) atoms. The molecular weight excluding hydrogens is 236 g/mol. The number of nitro groups is 1. The van der Waals surface area contributed by atoms with Gasteiger partial charge in [0, 0.05) is 5.92 Å². The molecule has 1 aromatic heterocycles. The molecule has 98 valence electrons. The van der Waals surface area contributed by atoms with E-state index in [4.69, 9.17) is 10.5 Å². The first-order valence-corrected chi connectivity index (χ1v) is 6.08. The van der Waals surface area contributed by atoms with Gasteiger partial charge in [0.2, 0.25) is 5.82 Å². The summed E-state index contributed by atoms with van der Waals surface area (Å²) in [6.07, 6.45) is 3.78. The first kappa shape index (κ1) is 12.5. The molecule has 7 heteroatoms. The van der Waals surface area contributed by atoms with Gasteiger partial charge >= 0.3 is 5.69 Å². The smallest absolute Gasteiger partial charge is 0.372 e. The molecule has 0 aliphatic heterocycles. The highest BCUT2D eigenvalue weighted by molar-refractivity contribution is 5.59. The average molecular weight is 252 g/mol. The van der Waals surface area contributed by atoms with E-state index in [0.29, 0.717) is 12.4 Å². The Hall–Kier alpha value is -1.92. The van der Waals surface area contributed by atoms with Crippen LogP contribution in [0.25, 0.3) is 0 Å². The van der Waals surface area contributed by atoms with Crippen molar-refractivity contribution in [2.75, 3.05) is 12.3 Å². The Labute approximate surface area is 105 Å². The normalized spacial score (nSPS) is 14.5. The van der Waals surface area contributed by atoms with Gasteiger partial charge < -0.3 is 10.5 Å². The Morgan fingerprint density at radius 1 is 1.50 bits per heavy atom. The van der Waals surface area contributed by atoms with Crippen molar-refractivity contribution in [2.24, 2.45) is 0 Å². The summed E-state index contributed by atoms with van der Waals surface area (Å²) in [5.41, 5.74) is 5.30. The van der Waals surface area contributed by atoms with E-state index in [-0.39, 0.29) is 23.3 Å². The van der Waals surface area contributed by atoms with E-state index in [1.807, 2.05) is 6.92 Å². The van der Waals surface area contributed by atoms with Crippen molar-refractivity contribution < 1.29 is 9.66 Å². The van der Waals surface area contributed by atoms with Gasteiger partial charge in [-0.2, -0.15) is 4.98 Å². The molecule has 2 rings (SSSR count). The lowest BCUT2D eigenvalue weighted by Crippen LogP contribution is -2.09. The number of aromatic nitrogens is 2. The van der Waals surface area contributed by atoms with Crippen molar-refractivity contribution in [1.82, 2.24) is 9.97 Å². The Balaban J connectivity index is 2.28. The summed E-state index contributed by atoms with van der Waals surface area (Å²) in [5, 5.41) is 10.9. The van der Waals surface area contributed by atoms with Crippen LogP contribution in [-0.2, 0) is 0 Å². The number of rotatable bonds is 6. The maximum absolute atomic E-state index is 10.9. The molecule has 0 atom stereocenters. The molecule has 1 heterocycles. The number of anilines is 1. The third-order valence-electron chi connectivity index (χ3n) is 2.76. The van der Waals surface area contributed by atoms with Gasteiger partial charge in [0.15, 0.2) is 0 Å². The largest absolute Gasteiger partial charge is 0.473 e. The van der Waals surface area contributed by atoms with Crippen LogP contribution in [0.2, 0.25) is 0 Å². The number of nitrogen functional groups attached to an aromatic ring is 1. The molecule has 1 aliphatic carbocycles. The number of unbranched alkanes of at least 4 members (excludes halogenated alkanes) is 1. The highest BCUT2D eigenvalue weighted by atomic mass is 16.6. The fraction of sp³-hybridized carbons (Fsp3) is 0.636. The summed E-state index contributed by atoms with van der Waals surface area (Å²) < 4.78 is 5.37. The third kappa shape index (κ3) is 2.66. The molecule has 1 saturated carbocycles. The zero-order chi connectivity index (χ0) is 13.1. The molecule has 0 spiro atoms. The van der Waals surface area contributed by atoms with Crippen molar-refractivity contribution in [3.05, 3.63) is 15.9 Å². The van der Waals surface area contributed by atoms with Crippen LogP contribution in [0.3, 0.4) is 0 Å². The second kappa shape index (κ2) is 5.16. The van der Waals surface area contributed by atoms with Gasteiger partial charge in [-0.25, -0.2) is 4.98 Å². The van der Waals surface area contributed by atoms with Gasteiger partial charge in [-0.05, 0) is 19.3 Å². The van der Waals surface area contributed by atoms with Crippen molar-refractivity contribution in [3.63, 3.8) is 0 Å². The lowest BCUT2D eigenvalue weighted by atomic mass is 10.3. The topological polar surface area (TPSA) is 104 Å². The van der Waals surface area contributed by atoms with Crippen molar-refractivity contribution >= 4 is 11.5 Å². The predicted molar refractivity (Wildman–Crippen MR) is 65.5 cm³/mol. The summed E-state index contributed by atoms with van der Waals surface area (Å²) in [6, 6.07) is 0. The fourth-order valence-corrected chi connectivity index (χ4v) is 1.58. The summed E-state index contributed by atoms with van der Waals surface area (Å²) in [5.74, 6) is 0.734. The van der Waals surface area contributed by atoms with Crippen LogP contribution in [0.5, 0.6) is 5.88 Å². The number of nitrogens with two attached hydrogens (primary N) is 1. The van der Waals surface area contributed by atoms with Crippen LogP contribution in [0.1, 0.15) is 44.3 Å². The predicted octanol–water partition coefficient (Wildman–Crippen LogP) is 2.02. The number of hydrogen-bond donors (Lipinski definition) is 1. The SMILES string of the molecule is CCCCOc1nc(C2CC2)nc(N)c1[N+](=O)[O-]. The number of ether oxygens (including phenoxy) is 1. The van der Waals surface area contributed by atoms with Crippen LogP contribution in [-0.4, -0.2) is 21.5 Å². The highest BCUT2D eigenvalue weighted by Crippen LogP contribution is 2.41. The monoisotopic (exact) mass is 252 g/mol. The Kier molecular flexibility index (Phi) is 3.59. The van der Waals surface area contributed by atoms with Crippen LogP contribution in [0.4, 0.5) is 11.5 Å². The quantitative estimate of drug-likeness (QED) is 0.472.